The Morgan fingerprint density at radius 1 is 1.09 bits per heavy atom. The standard InChI is InChI=1S/C25H32F3N3O3/c1-16(2)30-24(32)21-12-19(29-13-17-8-5-6-10-20(17)25(26,27)28)15-31(21)14-18-9-7-11-22(33-3)23(18)34-4/h5-11,16,19,21,29H,12-15H2,1-4H3,(H,30,32)/t19-,21+/m1/s1. The number of alkyl halides is 3. The zero-order valence-electron chi connectivity index (χ0n) is 19.9. The Labute approximate surface area is 198 Å². The van der Waals surface area contributed by atoms with Crippen LogP contribution in [0.5, 0.6) is 11.5 Å². The van der Waals surface area contributed by atoms with Crippen LogP contribution in [0.25, 0.3) is 0 Å². The normalized spacial score (nSPS) is 18.8. The van der Waals surface area contributed by atoms with Gasteiger partial charge >= 0.3 is 6.18 Å². The number of carbonyl (C=O) groups excluding carboxylic acids is 1. The second-order valence-electron chi connectivity index (χ2n) is 8.73. The lowest BCUT2D eigenvalue weighted by Gasteiger charge is -2.25. The third-order valence-electron chi connectivity index (χ3n) is 5.90. The molecule has 1 fully saturated rings. The predicted molar refractivity (Wildman–Crippen MR) is 124 cm³/mol. The number of hydrogen-bond acceptors (Lipinski definition) is 5. The summed E-state index contributed by atoms with van der Waals surface area (Å²) in [6.45, 7) is 4.80. The molecule has 0 aliphatic carbocycles. The monoisotopic (exact) mass is 479 g/mol. The molecular weight excluding hydrogens is 447 g/mol. The van der Waals surface area contributed by atoms with E-state index in [1.807, 2.05) is 30.9 Å². The van der Waals surface area contributed by atoms with E-state index >= 15 is 0 Å². The van der Waals surface area contributed by atoms with Gasteiger partial charge in [-0.25, -0.2) is 0 Å². The smallest absolute Gasteiger partial charge is 0.416 e. The molecule has 2 aromatic carbocycles. The van der Waals surface area contributed by atoms with E-state index in [-0.39, 0.29) is 30.1 Å². The van der Waals surface area contributed by atoms with Gasteiger partial charge < -0.3 is 20.1 Å². The molecular formula is C25H32F3N3O3. The minimum atomic E-state index is -4.41. The molecule has 1 heterocycles. The molecule has 1 aliphatic rings. The van der Waals surface area contributed by atoms with Crippen molar-refractivity contribution >= 4 is 5.91 Å². The summed E-state index contributed by atoms with van der Waals surface area (Å²) < 4.78 is 51.0. The first-order chi connectivity index (χ1) is 16.1. The van der Waals surface area contributed by atoms with Crippen LogP contribution in [0.3, 0.4) is 0 Å². The molecule has 0 bridgehead atoms. The number of methoxy groups -OCH3 is 2. The van der Waals surface area contributed by atoms with Crippen molar-refractivity contribution in [3.8, 4) is 11.5 Å². The Hall–Kier alpha value is -2.78. The van der Waals surface area contributed by atoms with Crippen LogP contribution < -0.4 is 20.1 Å². The average molecular weight is 480 g/mol. The van der Waals surface area contributed by atoms with Crippen molar-refractivity contribution in [1.82, 2.24) is 15.5 Å². The van der Waals surface area contributed by atoms with Gasteiger partial charge in [-0.15, -0.1) is 0 Å². The minimum absolute atomic E-state index is 0.0219. The Morgan fingerprint density at radius 3 is 2.44 bits per heavy atom. The Bertz CT molecular complexity index is 981. The van der Waals surface area contributed by atoms with Crippen LogP contribution in [0, 0.1) is 0 Å². The molecule has 1 amide bonds. The molecule has 0 unspecified atom stereocenters. The van der Waals surface area contributed by atoms with Gasteiger partial charge in [0.25, 0.3) is 0 Å². The van der Waals surface area contributed by atoms with Crippen LogP contribution in [0.4, 0.5) is 13.2 Å². The molecule has 1 saturated heterocycles. The van der Waals surface area contributed by atoms with Crippen LogP contribution in [0.2, 0.25) is 0 Å². The first-order valence-electron chi connectivity index (χ1n) is 11.3. The van der Waals surface area contributed by atoms with E-state index in [0.29, 0.717) is 31.0 Å². The lowest BCUT2D eigenvalue weighted by molar-refractivity contribution is -0.138. The van der Waals surface area contributed by atoms with E-state index in [0.717, 1.165) is 11.6 Å². The number of nitrogens with one attached hydrogen (secondary N) is 2. The number of benzene rings is 2. The summed E-state index contributed by atoms with van der Waals surface area (Å²) in [4.78, 5) is 15.0. The lowest BCUT2D eigenvalue weighted by atomic mass is 10.1. The molecule has 3 rings (SSSR count). The van der Waals surface area contributed by atoms with Crippen molar-refractivity contribution in [3.63, 3.8) is 0 Å². The molecule has 6 nitrogen and oxygen atoms in total. The van der Waals surface area contributed by atoms with Crippen LogP contribution in [0.15, 0.2) is 42.5 Å². The summed E-state index contributed by atoms with van der Waals surface area (Å²) >= 11 is 0. The van der Waals surface area contributed by atoms with Crippen LogP contribution in [-0.2, 0) is 24.1 Å². The van der Waals surface area contributed by atoms with Gasteiger partial charge in [0.15, 0.2) is 11.5 Å². The summed E-state index contributed by atoms with van der Waals surface area (Å²) in [5.41, 5.74) is 0.408. The van der Waals surface area contributed by atoms with Gasteiger partial charge in [0, 0.05) is 37.3 Å². The average Bonchev–Trinajstić information content (AvgIpc) is 3.19. The van der Waals surface area contributed by atoms with Gasteiger partial charge in [0.2, 0.25) is 5.91 Å². The van der Waals surface area contributed by atoms with Gasteiger partial charge in [-0.3, -0.25) is 9.69 Å². The van der Waals surface area contributed by atoms with Crippen molar-refractivity contribution in [2.24, 2.45) is 0 Å². The topological polar surface area (TPSA) is 62.8 Å². The maximum absolute atomic E-state index is 13.4. The van der Waals surface area contributed by atoms with E-state index in [1.165, 1.54) is 12.1 Å². The van der Waals surface area contributed by atoms with Crippen LogP contribution in [0.1, 0.15) is 37.0 Å². The van der Waals surface area contributed by atoms with Crippen molar-refractivity contribution in [1.29, 1.82) is 0 Å². The fourth-order valence-electron chi connectivity index (χ4n) is 4.38. The molecule has 186 valence electrons. The number of para-hydroxylation sites is 1. The summed E-state index contributed by atoms with van der Waals surface area (Å²) in [7, 11) is 3.13. The molecule has 0 saturated carbocycles. The third-order valence-corrected chi connectivity index (χ3v) is 5.90. The maximum atomic E-state index is 13.4. The highest BCUT2D eigenvalue weighted by Crippen LogP contribution is 2.34. The highest BCUT2D eigenvalue weighted by molar-refractivity contribution is 5.82. The molecule has 2 aromatic rings. The Balaban J connectivity index is 1.78. The Kier molecular flexibility index (Phi) is 8.43. The van der Waals surface area contributed by atoms with Gasteiger partial charge in [-0.05, 0) is 38.0 Å². The summed E-state index contributed by atoms with van der Waals surface area (Å²) in [5.74, 6) is 1.10. The summed E-state index contributed by atoms with van der Waals surface area (Å²) in [6, 6.07) is 10.5. The van der Waals surface area contributed by atoms with Crippen molar-refractivity contribution in [3.05, 3.63) is 59.2 Å². The lowest BCUT2D eigenvalue weighted by Crippen LogP contribution is -2.45. The van der Waals surface area contributed by atoms with Crippen molar-refractivity contribution in [2.45, 2.75) is 57.7 Å². The number of carbonyl (C=O) groups is 1. The zero-order chi connectivity index (χ0) is 24.9. The highest BCUT2D eigenvalue weighted by atomic mass is 19.4. The highest BCUT2D eigenvalue weighted by Gasteiger charge is 2.38. The van der Waals surface area contributed by atoms with Crippen molar-refractivity contribution < 1.29 is 27.4 Å². The molecule has 34 heavy (non-hydrogen) atoms. The van der Waals surface area contributed by atoms with Crippen LogP contribution >= 0.6 is 0 Å². The van der Waals surface area contributed by atoms with Crippen LogP contribution in [-0.4, -0.2) is 49.7 Å². The first kappa shape index (κ1) is 25.8. The molecule has 0 radical (unpaired) electrons. The second kappa shape index (κ2) is 11.1. The number of rotatable bonds is 9. The molecule has 1 aliphatic heterocycles. The molecule has 0 aromatic heterocycles. The van der Waals surface area contributed by atoms with E-state index in [2.05, 4.69) is 10.6 Å². The Morgan fingerprint density at radius 2 is 1.79 bits per heavy atom. The van der Waals surface area contributed by atoms with E-state index < -0.39 is 17.8 Å². The van der Waals surface area contributed by atoms with Gasteiger partial charge in [0.1, 0.15) is 0 Å². The number of hydrogen-bond donors (Lipinski definition) is 2. The van der Waals surface area contributed by atoms with E-state index in [1.54, 1.807) is 26.4 Å². The number of likely N-dealkylation sites (tertiary alicyclic amines) is 1. The SMILES string of the molecule is COc1cccc(CN2C[C@H](NCc3ccccc3C(F)(F)F)C[C@H]2C(=O)NC(C)C)c1OC. The summed E-state index contributed by atoms with van der Waals surface area (Å²) in [6.07, 6.45) is -3.93. The number of amides is 1. The largest absolute Gasteiger partial charge is 0.493 e. The van der Waals surface area contributed by atoms with Gasteiger partial charge in [-0.2, -0.15) is 13.2 Å². The summed E-state index contributed by atoms with van der Waals surface area (Å²) in [5, 5.41) is 6.20. The maximum Gasteiger partial charge on any atom is 0.416 e. The quantitative estimate of drug-likeness (QED) is 0.570. The van der Waals surface area contributed by atoms with Gasteiger partial charge in [0.05, 0.1) is 25.8 Å². The third kappa shape index (κ3) is 6.21. The molecule has 0 spiro atoms. The van der Waals surface area contributed by atoms with E-state index in [4.69, 9.17) is 9.47 Å². The number of ether oxygens (including phenoxy) is 2. The zero-order valence-corrected chi connectivity index (χ0v) is 19.9. The van der Waals surface area contributed by atoms with Gasteiger partial charge in [-0.1, -0.05) is 30.3 Å². The van der Waals surface area contributed by atoms with E-state index in [9.17, 15) is 18.0 Å². The predicted octanol–water partition coefficient (Wildman–Crippen LogP) is 3.98. The number of nitrogens with zero attached hydrogens (tertiary/aromatic N) is 1. The fraction of sp³-hybridized carbons (Fsp3) is 0.480. The van der Waals surface area contributed by atoms with Crippen molar-refractivity contribution in [2.75, 3.05) is 20.8 Å². The fourth-order valence-corrected chi connectivity index (χ4v) is 4.38. The second-order valence-corrected chi connectivity index (χ2v) is 8.73. The first-order valence-corrected chi connectivity index (χ1v) is 11.3. The minimum Gasteiger partial charge on any atom is -0.493 e. The molecule has 9 heteroatoms. The molecule has 2 atom stereocenters. The molecule has 2 N–H and O–H groups in total. The number of halogens is 3.